The van der Waals surface area contributed by atoms with E-state index < -0.39 is 23.2 Å². The van der Waals surface area contributed by atoms with Gasteiger partial charge in [0.15, 0.2) is 0 Å². The summed E-state index contributed by atoms with van der Waals surface area (Å²) in [6.45, 7) is 6.43. The molecule has 7 atom stereocenters. The number of hydrogen-bond acceptors (Lipinski definition) is 6. The lowest BCUT2D eigenvalue weighted by molar-refractivity contribution is -0.246. The molecule has 3 fully saturated rings. The van der Waals surface area contributed by atoms with Crippen molar-refractivity contribution in [3.8, 4) is 0 Å². The predicted molar refractivity (Wildman–Crippen MR) is 101 cm³/mol. The van der Waals surface area contributed by atoms with Crippen LogP contribution in [-0.4, -0.2) is 47.2 Å². The topological polar surface area (TPSA) is 92.4 Å². The molecule has 2 aliphatic carbocycles. The Morgan fingerprint density at radius 3 is 2.75 bits per heavy atom. The third-order valence-electron chi connectivity index (χ3n) is 8.18. The molecule has 6 nitrogen and oxygen atoms in total. The number of epoxide rings is 1. The molecule has 2 N–H and O–H groups in total. The largest absolute Gasteiger partial charge is 0.472 e. The van der Waals surface area contributed by atoms with Crippen molar-refractivity contribution in [3.05, 3.63) is 24.2 Å². The molecule has 6 heteroatoms. The molecule has 28 heavy (non-hydrogen) atoms. The minimum absolute atomic E-state index is 0.0965. The van der Waals surface area contributed by atoms with Crippen LogP contribution < -0.4 is 0 Å². The number of hydrogen-bond donors (Lipinski definition) is 2. The number of aliphatic hydroxyl groups excluding tert-OH is 2. The standard InChI is InChI=1S/C22H32O6/c1-14-10-18(25)22(13-27-15(2)23)19(17(24)5-8-21(22)12-28-21)20(14,3)7-4-16-6-9-26-11-16/h6,9,11,14,17-19,24-25H,4-5,7-8,10,12-13H2,1-3H3/t14-,17+,18-,19-,20+,21-,22-/m1/s1. The lowest BCUT2D eigenvalue weighted by Gasteiger charge is -2.63. The first kappa shape index (κ1) is 19.9. The van der Waals surface area contributed by atoms with E-state index in [4.69, 9.17) is 13.9 Å². The second-order valence-electron chi connectivity index (χ2n) is 9.48. The van der Waals surface area contributed by atoms with Crippen molar-refractivity contribution >= 4 is 5.97 Å². The highest BCUT2D eigenvalue weighted by molar-refractivity contribution is 5.66. The highest BCUT2D eigenvalue weighted by Crippen LogP contribution is 2.68. The summed E-state index contributed by atoms with van der Waals surface area (Å²) < 4.78 is 16.7. The summed E-state index contributed by atoms with van der Waals surface area (Å²) in [7, 11) is 0. The molecule has 0 bridgehead atoms. The third-order valence-corrected chi connectivity index (χ3v) is 8.18. The molecule has 0 amide bonds. The molecular weight excluding hydrogens is 360 g/mol. The zero-order valence-electron chi connectivity index (χ0n) is 17.0. The quantitative estimate of drug-likeness (QED) is 0.591. The Morgan fingerprint density at radius 2 is 2.14 bits per heavy atom. The Labute approximate surface area is 166 Å². The van der Waals surface area contributed by atoms with Gasteiger partial charge >= 0.3 is 5.97 Å². The maximum atomic E-state index is 11.7. The van der Waals surface area contributed by atoms with Crippen molar-refractivity contribution in [1.29, 1.82) is 0 Å². The van der Waals surface area contributed by atoms with Crippen molar-refractivity contribution in [2.75, 3.05) is 13.2 Å². The van der Waals surface area contributed by atoms with Gasteiger partial charge in [-0.25, -0.2) is 0 Å². The molecule has 0 radical (unpaired) electrons. The maximum absolute atomic E-state index is 11.7. The minimum atomic E-state index is -0.770. The van der Waals surface area contributed by atoms with Crippen LogP contribution in [-0.2, 0) is 20.7 Å². The van der Waals surface area contributed by atoms with Crippen LogP contribution in [0.15, 0.2) is 23.0 Å². The number of furan rings is 1. The Balaban J connectivity index is 1.73. The Hall–Kier alpha value is -1.37. The zero-order valence-corrected chi connectivity index (χ0v) is 17.0. The fraction of sp³-hybridized carbons (Fsp3) is 0.773. The smallest absolute Gasteiger partial charge is 0.302 e. The summed E-state index contributed by atoms with van der Waals surface area (Å²) in [6.07, 6.45) is 5.86. The maximum Gasteiger partial charge on any atom is 0.302 e. The molecule has 3 aliphatic rings. The third kappa shape index (κ3) is 2.84. The molecule has 2 heterocycles. The summed E-state index contributed by atoms with van der Waals surface area (Å²) in [6, 6.07) is 1.97. The van der Waals surface area contributed by atoms with Crippen molar-refractivity contribution < 1.29 is 28.9 Å². The second-order valence-corrected chi connectivity index (χ2v) is 9.48. The van der Waals surface area contributed by atoms with Crippen LogP contribution in [0.3, 0.4) is 0 Å². The minimum Gasteiger partial charge on any atom is -0.472 e. The fourth-order valence-electron chi connectivity index (χ4n) is 6.36. The zero-order chi connectivity index (χ0) is 20.2. The van der Waals surface area contributed by atoms with Crippen molar-refractivity contribution in [2.24, 2.45) is 22.7 Å². The lowest BCUT2D eigenvalue weighted by Crippen LogP contribution is -2.69. The van der Waals surface area contributed by atoms with Crippen LogP contribution in [0.2, 0.25) is 0 Å². The predicted octanol–water partition coefficient (Wildman–Crippen LogP) is 2.71. The molecular formula is C22H32O6. The van der Waals surface area contributed by atoms with Crippen molar-refractivity contribution in [2.45, 2.75) is 70.7 Å². The van der Waals surface area contributed by atoms with Crippen LogP contribution in [0.4, 0.5) is 0 Å². The molecule has 2 saturated carbocycles. The summed E-state index contributed by atoms with van der Waals surface area (Å²) >= 11 is 0. The fourth-order valence-corrected chi connectivity index (χ4v) is 6.36. The van der Waals surface area contributed by atoms with E-state index in [2.05, 4.69) is 13.8 Å². The van der Waals surface area contributed by atoms with E-state index in [-0.39, 0.29) is 29.8 Å². The SMILES string of the molecule is CC(=O)OC[C@@]12[C@H](O)C[C@@H](C)[C@](C)(CCc3ccoc3)[C@H]1[C@@H](O)CC[C@@]21CO1. The van der Waals surface area contributed by atoms with Gasteiger partial charge in [0.25, 0.3) is 0 Å². The molecule has 0 unspecified atom stereocenters. The Bertz CT molecular complexity index is 711. The van der Waals surface area contributed by atoms with Crippen molar-refractivity contribution in [3.63, 3.8) is 0 Å². The number of carbonyl (C=O) groups is 1. The molecule has 1 spiro atoms. The van der Waals surface area contributed by atoms with Crippen LogP contribution >= 0.6 is 0 Å². The summed E-state index contributed by atoms with van der Waals surface area (Å²) in [4.78, 5) is 11.7. The van der Waals surface area contributed by atoms with Gasteiger partial charge in [-0.05, 0) is 55.1 Å². The summed E-state index contributed by atoms with van der Waals surface area (Å²) in [5.41, 5.74) is -0.362. The van der Waals surface area contributed by atoms with Crippen molar-refractivity contribution in [1.82, 2.24) is 0 Å². The average Bonchev–Trinajstić information content (AvgIpc) is 3.23. The van der Waals surface area contributed by atoms with Crippen LogP contribution in [0.5, 0.6) is 0 Å². The van der Waals surface area contributed by atoms with E-state index in [1.54, 1.807) is 12.5 Å². The van der Waals surface area contributed by atoms with Gasteiger partial charge in [0.2, 0.25) is 0 Å². The van der Waals surface area contributed by atoms with Crippen LogP contribution in [0.25, 0.3) is 0 Å². The molecule has 1 aromatic rings. The number of aryl methyl sites for hydroxylation is 1. The normalized spacial score (nSPS) is 44.9. The van der Waals surface area contributed by atoms with E-state index in [1.165, 1.54) is 6.92 Å². The van der Waals surface area contributed by atoms with E-state index in [1.807, 2.05) is 6.07 Å². The monoisotopic (exact) mass is 392 g/mol. The first-order valence-electron chi connectivity index (χ1n) is 10.4. The summed E-state index contributed by atoms with van der Waals surface area (Å²) in [5, 5.41) is 22.5. The Morgan fingerprint density at radius 1 is 1.39 bits per heavy atom. The van der Waals surface area contributed by atoms with Gasteiger partial charge in [-0.2, -0.15) is 0 Å². The molecule has 1 aromatic heterocycles. The van der Waals surface area contributed by atoms with Gasteiger partial charge in [-0.3, -0.25) is 4.79 Å². The van der Waals surface area contributed by atoms with E-state index >= 15 is 0 Å². The number of rotatable bonds is 5. The number of esters is 1. The molecule has 1 aliphatic heterocycles. The van der Waals surface area contributed by atoms with E-state index in [9.17, 15) is 15.0 Å². The lowest BCUT2D eigenvalue weighted by atomic mass is 9.42. The first-order chi connectivity index (χ1) is 13.3. The molecule has 1 saturated heterocycles. The number of ether oxygens (including phenoxy) is 2. The first-order valence-corrected chi connectivity index (χ1v) is 10.4. The number of fused-ring (bicyclic) bond motifs is 2. The second kappa shape index (κ2) is 6.85. The van der Waals surface area contributed by atoms with Crippen LogP contribution in [0, 0.1) is 22.7 Å². The highest BCUT2D eigenvalue weighted by Gasteiger charge is 2.75. The summed E-state index contributed by atoms with van der Waals surface area (Å²) in [5.74, 6) is -0.357. The van der Waals surface area contributed by atoms with E-state index in [0.717, 1.165) is 18.4 Å². The Kier molecular flexibility index (Phi) is 4.88. The van der Waals surface area contributed by atoms with Gasteiger partial charge in [0, 0.05) is 12.8 Å². The number of aliphatic hydroxyl groups is 2. The van der Waals surface area contributed by atoms with Gasteiger partial charge in [0.1, 0.15) is 12.2 Å². The van der Waals surface area contributed by atoms with Gasteiger partial charge < -0.3 is 24.1 Å². The van der Waals surface area contributed by atoms with Gasteiger partial charge in [-0.15, -0.1) is 0 Å². The van der Waals surface area contributed by atoms with Gasteiger partial charge in [-0.1, -0.05) is 13.8 Å². The average molecular weight is 392 g/mol. The van der Waals surface area contributed by atoms with Crippen LogP contribution in [0.1, 0.15) is 52.0 Å². The van der Waals surface area contributed by atoms with E-state index in [0.29, 0.717) is 25.9 Å². The highest BCUT2D eigenvalue weighted by atomic mass is 16.6. The molecule has 0 aromatic carbocycles. The number of carbonyl (C=O) groups excluding carboxylic acids is 1. The molecule has 156 valence electrons. The molecule has 4 rings (SSSR count). The van der Waals surface area contributed by atoms with Gasteiger partial charge in [0.05, 0.1) is 36.8 Å².